The number of carboxylic acid groups (broad SMARTS) is 1. The van der Waals surface area contributed by atoms with Gasteiger partial charge in [0.05, 0.1) is 24.2 Å². The van der Waals surface area contributed by atoms with Crippen molar-refractivity contribution >= 4 is 12.1 Å². The van der Waals surface area contributed by atoms with Crippen molar-refractivity contribution in [2.24, 2.45) is 0 Å². The molecule has 6 heteroatoms. The standard InChI is InChI=1S/C19H25NO5/c1-18(2,3)25-17(23)20-19(10-9-16(21)22)11-15(12-19)24-13-14-7-5-4-6-8-14/h4-10,15H,11-13H2,1-3H3,(H,20,23)(H,21,22)/p-1/b10-9+. The number of carbonyl (C=O) groups excluding carboxylic acids is 2. The number of rotatable bonds is 6. The molecule has 0 radical (unpaired) electrons. The van der Waals surface area contributed by atoms with Crippen molar-refractivity contribution in [2.45, 2.75) is 57.5 Å². The Morgan fingerprint density at radius 2 is 1.92 bits per heavy atom. The lowest BCUT2D eigenvalue weighted by Crippen LogP contribution is -2.59. The van der Waals surface area contributed by atoms with Gasteiger partial charge in [-0.3, -0.25) is 0 Å². The van der Waals surface area contributed by atoms with Crippen LogP contribution in [0.1, 0.15) is 39.2 Å². The van der Waals surface area contributed by atoms with Crippen LogP contribution in [-0.2, 0) is 20.9 Å². The Labute approximate surface area is 147 Å². The number of ether oxygens (including phenoxy) is 2. The molecule has 0 heterocycles. The third-order valence-electron chi connectivity index (χ3n) is 3.80. The number of carboxylic acids is 1. The highest BCUT2D eigenvalue weighted by molar-refractivity contribution is 5.78. The van der Waals surface area contributed by atoms with Crippen molar-refractivity contribution in [1.82, 2.24) is 5.32 Å². The molecule has 136 valence electrons. The molecule has 1 aliphatic carbocycles. The van der Waals surface area contributed by atoms with E-state index in [0.29, 0.717) is 19.4 Å². The van der Waals surface area contributed by atoms with E-state index in [4.69, 9.17) is 9.47 Å². The van der Waals surface area contributed by atoms with Gasteiger partial charge in [0, 0.05) is 12.8 Å². The van der Waals surface area contributed by atoms with E-state index in [1.807, 2.05) is 30.3 Å². The van der Waals surface area contributed by atoms with Crippen LogP contribution in [0.2, 0.25) is 0 Å². The van der Waals surface area contributed by atoms with Crippen molar-refractivity contribution in [3.8, 4) is 0 Å². The van der Waals surface area contributed by atoms with Crippen LogP contribution in [0.3, 0.4) is 0 Å². The molecule has 6 nitrogen and oxygen atoms in total. The minimum Gasteiger partial charge on any atom is -0.545 e. The maximum Gasteiger partial charge on any atom is 0.408 e. The summed E-state index contributed by atoms with van der Waals surface area (Å²) in [4.78, 5) is 22.7. The second kappa shape index (κ2) is 7.70. The van der Waals surface area contributed by atoms with Crippen LogP contribution >= 0.6 is 0 Å². The van der Waals surface area contributed by atoms with Crippen LogP contribution in [0.25, 0.3) is 0 Å². The van der Waals surface area contributed by atoms with E-state index in [-0.39, 0.29) is 6.10 Å². The van der Waals surface area contributed by atoms with Crippen LogP contribution in [0.5, 0.6) is 0 Å². The summed E-state index contributed by atoms with van der Waals surface area (Å²) < 4.78 is 11.1. The van der Waals surface area contributed by atoms with Gasteiger partial charge in [0.2, 0.25) is 0 Å². The van der Waals surface area contributed by atoms with Crippen molar-refractivity contribution < 1.29 is 24.2 Å². The molecule has 0 spiro atoms. The van der Waals surface area contributed by atoms with E-state index >= 15 is 0 Å². The van der Waals surface area contributed by atoms with Crippen LogP contribution < -0.4 is 10.4 Å². The van der Waals surface area contributed by atoms with E-state index in [9.17, 15) is 14.7 Å². The highest BCUT2D eigenvalue weighted by atomic mass is 16.6. The van der Waals surface area contributed by atoms with Gasteiger partial charge in [-0.05, 0) is 32.4 Å². The summed E-state index contributed by atoms with van der Waals surface area (Å²) in [6, 6.07) is 9.77. The van der Waals surface area contributed by atoms with Gasteiger partial charge >= 0.3 is 6.09 Å². The van der Waals surface area contributed by atoms with Crippen LogP contribution in [0.15, 0.2) is 42.5 Å². The molecule has 1 aliphatic rings. The molecule has 1 aromatic rings. The van der Waals surface area contributed by atoms with Crippen LogP contribution in [0.4, 0.5) is 4.79 Å². The zero-order valence-electron chi connectivity index (χ0n) is 14.8. The summed E-state index contributed by atoms with van der Waals surface area (Å²) >= 11 is 0. The van der Waals surface area contributed by atoms with Gasteiger partial charge in [0.25, 0.3) is 0 Å². The van der Waals surface area contributed by atoms with Gasteiger partial charge in [0.1, 0.15) is 5.60 Å². The Hall–Kier alpha value is -2.34. The predicted octanol–water partition coefficient (Wildman–Crippen LogP) is 1.94. The summed E-state index contributed by atoms with van der Waals surface area (Å²) in [6.45, 7) is 5.77. The van der Waals surface area contributed by atoms with Crippen molar-refractivity contribution in [3.63, 3.8) is 0 Å². The monoisotopic (exact) mass is 346 g/mol. The van der Waals surface area contributed by atoms with Gasteiger partial charge < -0.3 is 24.7 Å². The zero-order valence-corrected chi connectivity index (χ0v) is 14.8. The highest BCUT2D eigenvalue weighted by Crippen LogP contribution is 2.36. The topological polar surface area (TPSA) is 87.7 Å². The van der Waals surface area contributed by atoms with Gasteiger partial charge in [-0.1, -0.05) is 36.4 Å². The molecule has 0 bridgehead atoms. The lowest BCUT2D eigenvalue weighted by molar-refractivity contribution is -0.297. The Balaban J connectivity index is 1.92. The third-order valence-corrected chi connectivity index (χ3v) is 3.80. The summed E-state index contributed by atoms with van der Waals surface area (Å²) in [6.07, 6.45) is 2.67. The molecule has 1 saturated carbocycles. The minimum atomic E-state index is -1.31. The maximum atomic E-state index is 12.0. The average Bonchev–Trinajstić information content (AvgIpc) is 2.47. The largest absolute Gasteiger partial charge is 0.545 e. The van der Waals surface area contributed by atoms with E-state index < -0.39 is 23.2 Å². The first-order chi connectivity index (χ1) is 11.7. The Bertz CT molecular complexity index is 627. The van der Waals surface area contributed by atoms with Gasteiger partial charge in [-0.2, -0.15) is 0 Å². The number of amides is 1. The molecule has 1 fully saturated rings. The van der Waals surface area contributed by atoms with Gasteiger partial charge in [-0.25, -0.2) is 4.79 Å². The number of carbonyl (C=O) groups is 2. The lowest BCUT2D eigenvalue weighted by atomic mass is 9.74. The van der Waals surface area contributed by atoms with Crippen molar-refractivity contribution in [1.29, 1.82) is 0 Å². The summed E-state index contributed by atoms with van der Waals surface area (Å²) in [5, 5.41) is 13.5. The quantitative estimate of drug-likeness (QED) is 0.795. The highest BCUT2D eigenvalue weighted by Gasteiger charge is 2.45. The number of aliphatic carboxylic acids is 1. The zero-order chi connectivity index (χ0) is 18.5. The third kappa shape index (κ3) is 6.23. The summed E-state index contributed by atoms with van der Waals surface area (Å²) in [7, 11) is 0. The molecule has 1 N–H and O–H groups in total. The van der Waals surface area contributed by atoms with Crippen LogP contribution in [-0.4, -0.2) is 29.3 Å². The second-order valence-electron chi connectivity index (χ2n) is 7.26. The molecular weight excluding hydrogens is 322 g/mol. The number of alkyl carbamates (subject to hydrolysis) is 1. The molecule has 0 aromatic heterocycles. The van der Waals surface area contributed by atoms with E-state index in [0.717, 1.165) is 11.6 Å². The molecule has 1 amide bonds. The molecule has 0 aliphatic heterocycles. The normalized spacial score (nSPS) is 23.1. The Morgan fingerprint density at radius 1 is 1.28 bits per heavy atom. The average molecular weight is 346 g/mol. The fraction of sp³-hybridized carbons (Fsp3) is 0.474. The molecule has 1 aromatic carbocycles. The lowest BCUT2D eigenvalue weighted by Gasteiger charge is -2.46. The fourth-order valence-electron chi connectivity index (χ4n) is 2.67. The molecule has 25 heavy (non-hydrogen) atoms. The van der Waals surface area contributed by atoms with E-state index in [1.165, 1.54) is 6.08 Å². The van der Waals surface area contributed by atoms with Crippen LogP contribution in [0, 0.1) is 0 Å². The fourth-order valence-corrected chi connectivity index (χ4v) is 2.67. The van der Waals surface area contributed by atoms with Crippen molar-refractivity contribution in [3.05, 3.63) is 48.0 Å². The number of benzene rings is 1. The van der Waals surface area contributed by atoms with E-state index in [2.05, 4.69) is 5.32 Å². The van der Waals surface area contributed by atoms with Crippen molar-refractivity contribution in [2.75, 3.05) is 0 Å². The first-order valence-electron chi connectivity index (χ1n) is 8.24. The SMILES string of the molecule is CC(C)(C)OC(=O)NC1(/C=C/C(=O)[O-])CC(OCc2ccccc2)C1. The van der Waals surface area contributed by atoms with Gasteiger partial charge in [-0.15, -0.1) is 0 Å². The second-order valence-corrected chi connectivity index (χ2v) is 7.26. The number of hydrogen-bond acceptors (Lipinski definition) is 5. The molecule has 2 rings (SSSR count). The van der Waals surface area contributed by atoms with Gasteiger partial charge in [0.15, 0.2) is 0 Å². The molecular formula is C19H24NO5-. The van der Waals surface area contributed by atoms with E-state index in [1.54, 1.807) is 20.8 Å². The smallest absolute Gasteiger partial charge is 0.408 e. The summed E-state index contributed by atoms with van der Waals surface area (Å²) in [5.74, 6) is -1.31. The number of nitrogens with one attached hydrogen (secondary N) is 1. The number of hydrogen-bond donors (Lipinski definition) is 1. The predicted molar refractivity (Wildman–Crippen MR) is 90.5 cm³/mol. The molecule has 0 saturated heterocycles. The first-order valence-corrected chi connectivity index (χ1v) is 8.24. The maximum absolute atomic E-state index is 12.0. The summed E-state index contributed by atoms with van der Waals surface area (Å²) in [5.41, 5.74) is -0.356. The Morgan fingerprint density at radius 3 is 2.48 bits per heavy atom. The Kier molecular flexibility index (Phi) is 5.85. The minimum absolute atomic E-state index is 0.0680. The first kappa shape index (κ1) is 19.0. The molecule has 0 atom stereocenters. The molecule has 0 unspecified atom stereocenters.